The summed E-state index contributed by atoms with van der Waals surface area (Å²) in [5.74, 6) is -1.56. The molecule has 1 amide bonds. The van der Waals surface area contributed by atoms with Crippen molar-refractivity contribution in [1.82, 2.24) is 0 Å². The SMILES string of the molecule is COc1ccc(N(CC(=O)Nc2cc(F)ccc2F)S(=O)(=O)c2ccc(OC)c(OC)c2)cc1. The molecule has 0 fully saturated rings. The Morgan fingerprint density at radius 2 is 1.56 bits per heavy atom. The maximum Gasteiger partial charge on any atom is 0.264 e. The highest BCUT2D eigenvalue weighted by Crippen LogP contribution is 2.32. The number of halogens is 2. The van der Waals surface area contributed by atoms with Crippen LogP contribution >= 0.6 is 0 Å². The highest BCUT2D eigenvalue weighted by molar-refractivity contribution is 7.92. The van der Waals surface area contributed by atoms with E-state index < -0.39 is 39.8 Å². The van der Waals surface area contributed by atoms with Gasteiger partial charge in [0, 0.05) is 12.1 Å². The van der Waals surface area contributed by atoms with Crippen molar-refractivity contribution in [2.75, 3.05) is 37.5 Å². The minimum Gasteiger partial charge on any atom is -0.497 e. The maximum atomic E-state index is 14.0. The van der Waals surface area contributed by atoms with E-state index in [9.17, 15) is 22.0 Å². The van der Waals surface area contributed by atoms with Crippen LogP contribution in [0.4, 0.5) is 20.2 Å². The topological polar surface area (TPSA) is 94.2 Å². The van der Waals surface area contributed by atoms with E-state index in [0.717, 1.165) is 22.5 Å². The highest BCUT2D eigenvalue weighted by atomic mass is 32.2. The van der Waals surface area contributed by atoms with Crippen LogP contribution in [0.15, 0.2) is 65.6 Å². The van der Waals surface area contributed by atoms with Crippen molar-refractivity contribution in [3.63, 3.8) is 0 Å². The van der Waals surface area contributed by atoms with Crippen LogP contribution < -0.4 is 23.8 Å². The number of carbonyl (C=O) groups excluding carboxylic acids is 1. The van der Waals surface area contributed by atoms with E-state index in [2.05, 4.69) is 5.32 Å². The molecule has 180 valence electrons. The molecule has 0 aliphatic heterocycles. The van der Waals surface area contributed by atoms with Gasteiger partial charge >= 0.3 is 0 Å². The molecule has 11 heteroatoms. The molecule has 3 aromatic carbocycles. The second-order valence-corrected chi connectivity index (χ2v) is 8.76. The average Bonchev–Trinajstić information content (AvgIpc) is 2.84. The third-order valence-corrected chi connectivity index (χ3v) is 6.56. The molecule has 1 N–H and O–H groups in total. The standard InChI is InChI=1S/C23H22F2N2O6S/c1-31-17-7-5-16(6-8-17)27(14-23(28)26-20-12-15(24)4-10-19(20)25)34(29,30)18-9-11-21(32-2)22(13-18)33-3/h4-13H,14H2,1-3H3,(H,26,28). The van der Waals surface area contributed by atoms with Crippen LogP contribution in [0.5, 0.6) is 17.2 Å². The lowest BCUT2D eigenvalue weighted by Crippen LogP contribution is -2.38. The van der Waals surface area contributed by atoms with E-state index in [0.29, 0.717) is 11.5 Å². The molecule has 0 spiro atoms. The average molecular weight is 493 g/mol. The summed E-state index contributed by atoms with van der Waals surface area (Å²) in [5.41, 5.74) is -0.270. The van der Waals surface area contributed by atoms with Crippen LogP contribution in [-0.2, 0) is 14.8 Å². The molecule has 0 heterocycles. The van der Waals surface area contributed by atoms with Crippen LogP contribution in [0.2, 0.25) is 0 Å². The maximum absolute atomic E-state index is 14.0. The van der Waals surface area contributed by atoms with Crippen molar-refractivity contribution >= 4 is 27.3 Å². The molecule has 0 bridgehead atoms. The number of amides is 1. The number of nitrogens with one attached hydrogen (secondary N) is 1. The molecule has 0 aliphatic carbocycles. The predicted molar refractivity (Wildman–Crippen MR) is 122 cm³/mol. The monoisotopic (exact) mass is 492 g/mol. The van der Waals surface area contributed by atoms with Gasteiger partial charge in [0.2, 0.25) is 5.91 Å². The first-order chi connectivity index (χ1) is 16.2. The summed E-state index contributed by atoms with van der Waals surface area (Å²) in [7, 11) is -0.0902. The van der Waals surface area contributed by atoms with E-state index in [4.69, 9.17) is 14.2 Å². The summed E-state index contributed by atoms with van der Waals surface area (Å²) in [6, 6.07) is 12.5. The van der Waals surface area contributed by atoms with Gasteiger partial charge in [-0.3, -0.25) is 9.10 Å². The minimum atomic E-state index is -4.31. The van der Waals surface area contributed by atoms with Gasteiger partial charge in [-0.05, 0) is 48.5 Å². The largest absolute Gasteiger partial charge is 0.497 e. The summed E-state index contributed by atoms with van der Waals surface area (Å²) in [4.78, 5) is 12.5. The Labute approximate surface area is 195 Å². The van der Waals surface area contributed by atoms with E-state index >= 15 is 0 Å². The molecule has 0 saturated heterocycles. The normalized spacial score (nSPS) is 11.0. The van der Waals surface area contributed by atoms with Crippen molar-refractivity contribution in [1.29, 1.82) is 0 Å². The number of sulfonamides is 1. The second-order valence-electron chi connectivity index (χ2n) is 6.90. The Morgan fingerprint density at radius 3 is 2.18 bits per heavy atom. The van der Waals surface area contributed by atoms with E-state index in [-0.39, 0.29) is 16.3 Å². The van der Waals surface area contributed by atoms with Crippen LogP contribution in [-0.4, -0.2) is 42.2 Å². The number of hydrogen-bond acceptors (Lipinski definition) is 6. The molecular weight excluding hydrogens is 470 g/mol. The third kappa shape index (κ3) is 5.37. The zero-order chi connectivity index (χ0) is 24.9. The molecule has 3 rings (SSSR count). The molecule has 8 nitrogen and oxygen atoms in total. The van der Waals surface area contributed by atoms with Crippen LogP contribution in [0.3, 0.4) is 0 Å². The van der Waals surface area contributed by atoms with E-state index in [1.54, 1.807) is 0 Å². The fourth-order valence-corrected chi connectivity index (χ4v) is 4.52. The van der Waals surface area contributed by atoms with Gasteiger partial charge in [0.1, 0.15) is 23.9 Å². The van der Waals surface area contributed by atoms with Crippen LogP contribution in [0.25, 0.3) is 0 Å². The first-order valence-electron chi connectivity index (χ1n) is 9.83. The number of methoxy groups -OCH3 is 3. The lowest BCUT2D eigenvalue weighted by molar-refractivity contribution is -0.114. The number of benzene rings is 3. The zero-order valence-corrected chi connectivity index (χ0v) is 19.4. The summed E-state index contributed by atoms with van der Waals surface area (Å²) in [6.07, 6.45) is 0. The fourth-order valence-electron chi connectivity index (χ4n) is 3.08. The van der Waals surface area contributed by atoms with Crippen molar-refractivity contribution in [3.05, 3.63) is 72.3 Å². The molecule has 0 atom stereocenters. The Kier molecular flexibility index (Phi) is 7.57. The van der Waals surface area contributed by atoms with Gasteiger partial charge in [-0.15, -0.1) is 0 Å². The van der Waals surface area contributed by atoms with Crippen molar-refractivity contribution in [2.24, 2.45) is 0 Å². The number of nitrogens with zero attached hydrogens (tertiary/aromatic N) is 1. The third-order valence-electron chi connectivity index (χ3n) is 4.79. The molecule has 0 radical (unpaired) electrons. The van der Waals surface area contributed by atoms with Crippen LogP contribution in [0, 0.1) is 11.6 Å². The Morgan fingerprint density at radius 1 is 0.882 bits per heavy atom. The molecule has 0 aliphatic rings. The number of ether oxygens (including phenoxy) is 3. The lowest BCUT2D eigenvalue weighted by Gasteiger charge is -2.24. The number of rotatable bonds is 9. The van der Waals surface area contributed by atoms with Crippen molar-refractivity contribution in [3.8, 4) is 17.2 Å². The molecule has 0 saturated carbocycles. The Bertz CT molecular complexity index is 1280. The smallest absolute Gasteiger partial charge is 0.264 e. The Balaban J connectivity index is 2.01. The first-order valence-corrected chi connectivity index (χ1v) is 11.3. The molecule has 3 aromatic rings. The molecule has 34 heavy (non-hydrogen) atoms. The van der Waals surface area contributed by atoms with E-state index in [1.165, 1.54) is 63.8 Å². The molecule has 0 unspecified atom stereocenters. The van der Waals surface area contributed by atoms with Gasteiger partial charge in [0.15, 0.2) is 11.5 Å². The second kappa shape index (κ2) is 10.4. The molecule has 0 aromatic heterocycles. The predicted octanol–water partition coefficient (Wildman–Crippen LogP) is 3.82. The first kappa shape index (κ1) is 24.8. The lowest BCUT2D eigenvalue weighted by atomic mass is 10.3. The molecular formula is C23H22F2N2O6S. The number of carbonyl (C=O) groups is 1. The van der Waals surface area contributed by atoms with Gasteiger partial charge in [-0.2, -0.15) is 0 Å². The van der Waals surface area contributed by atoms with Gasteiger partial charge < -0.3 is 19.5 Å². The highest BCUT2D eigenvalue weighted by Gasteiger charge is 2.29. The van der Waals surface area contributed by atoms with Crippen molar-refractivity contribution < 1.29 is 36.2 Å². The van der Waals surface area contributed by atoms with Gasteiger partial charge in [0.25, 0.3) is 10.0 Å². The summed E-state index contributed by atoms with van der Waals surface area (Å²) in [6.45, 7) is -0.723. The summed E-state index contributed by atoms with van der Waals surface area (Å²) >= 11 is 0. The van der Waals surface area contributed by atoms with Gasteiger partial charge in [0.05, 0.1) is 37.6 Å². The van der Waals surface area contributed by atoms with Crippen LogP contribution in [0.1, 0.15) is 0 Å². The van der Waals surface area contributed by atoms with Gasteiger partial charge in [-0.1, -0.05) is 0 Å². The summed E-state index contributed by atoms with van der Waals surface area (Å²) in [5, 5.41) is 2.21. The quantitative estimate of drug-likeness (QED) is 0.488. The minimum absolute atomic E-state index is 0.144. The number of anilines is 2. The van der Waals surface area contributed by atoms with E-state index in [1.807, 2.05) is 0 Å². The van der Waals surface area contributed by atoms with Gasteiger partial charge in [-0.25, -0.2) is 17.2 Å². The number of hydrogen-bond donors (Lipinski definition) is 1. The summed E-state index contributed by atoms with van der Waals surface area (Å²) < 4.78 is 70.8. The zero-order valence-electron chi connectivity index (χ0n) is 18.5. The van der Waals surface area contributed by atoms with Crippen molar-refractivity contribution in [2.45, 2.75) is 4.90 Å². The Hall–Kier alpha value is -3.86. The fraction of sp³-hybridized carbons (Fsp3) is 0.174.